The SMILES string of the molecule is CNc1cc(N2C[C@H](O)C[C@@H]2CNc2ccnc3c2CCCC3)ncn1. The Morgan fingerprint density at radius 1 is 1.23 bits per heavy atom. The van der Waals surface area contributed by atoms with Gasteiger partial charge in [0.25, 0.3) is 0 Å². The molecular formula is C19H26N6O. The Hall–Kier alpha value is -2.41. The Kier molecular flexibility index (Phi) is 4.88. The molecule has 1 saturated heterocycles. The number of nitrogens with zero attached hydrogens (tertiary/aromatic N) is 4. The van der Waals surface area contributed by atoms with E-state index in [4.69, 9.17) is 0 Å². The van der Waals surface area contributed by atoms with Crippen molar-refractivity contribution in [3.63, 3.8) is 0 Å². The van der Waals surface area contributed by atoms with Gasteiger partial charge in [0.2, 0.25) is 0 Å². The number of nitrogens with one attached hydrogen (secondary N) is 2. The molecule has 4 rings (SSSR count). The number of aromatic nitrogens is 3. The minimum atomic E-state index is -0.332. The summed E-state index contributed by atoms with van der Waals surface area (Å²) in [7, 11) is 1.84. The van der Waals surface area contributed by atoms with Crippen LogP contribution in [0, 0.1) is 0 Å². The minimum Gasteiger partial charge on any atom is -0.391 e. The third kappa shape index (κ3) is 3.44. The van der Waals surface area contributed by atoms with E-state index in [-0.39, 0.29) is 12.1 Å². The zero-order valence-corrected chi connectivity index (χ0v) is 15.1. The molecule has 2 aliphatic rings. The number of hydrogen-bond acceptors (Lipinski definition) is 7. The van der Waals surface area contributed by atoms with Crippen LogP contribution in [-0.4, -0.2) is 52.3 Å². The molecule has 1 aliphatic carbocycles. The fourth-order valence-electron chi connectivity index (χ4n) is 4.02. The fraction of sp³-hybridized carbons (Fsp3) is 0.526. The number of aliphatic hydroxyl groups excluding tert-OH is 1. The van der Waals surface area contributed by atoms with E-state index in [0.29, 0.717) is 6.54 Å². The van der Waals surface area contributed by atoms with Crippen molar-refractivity contribution in [2.45, 2.75) is 44.2 Å². The van der Waals surface area contributed by atoms with Crippen LogP contribution in [0.1, 0.15) is 30.5 Å². The van der Waals surface area contributed by atoms with Crippen LogP contribution >= 0.6 is 0 Å². The topological polar surface area (TPSA) is 86.2 Å². The van der Waals surface area contributed by atoms with Crippen LogP contribution in [0.5, 0.6) is 0 Å². The van der Waals surface area contributed by atoms with Gasteiger partial charge in [-0.25, -0.2) is 9.97 Å². The molecule has 7 heteroatoms. The number of pyridine rings is 1. The molecule has 2 aromatic heterocycles. The maximum Gasteiger partial charge on any atom is 0.134 e. The maximum atomic E-state index is 10.2. The van der Waals surface area contributed by atoms with Gasteiger partial charge in [-0.15, -0.1) is 0 Å². The smallest absolute Gasteiger partial charge is 0.134 e. The highest BCUT2D eigenvalue weighted by Crippen LogP contribution is 2.28. The third-order valence-electron chi connectivity index (χ3n) is 5.36. The summed E-state index contributed by atoms with van der Waals surface area (Å²) >= 11 is 0. The van der Waals surface area contributed by atoms with E-state index < -0.39 is 0 Å². The van der Waals surface area contributed by atoms with Crippen molar-refractivity contribution in [3.05, 3.63) is 35.9 Å². The molecule has 1 aliphatic heterocycles. The summed E-state index contributed by atoms with van der Waals surface area (Å²) in [4.78, 5) is 15.3. The number of anilines is 3. The molecule has 0 bridgehead atoms. The van der Waals surface area contributed by atoms with Crippen molar-refractivity contribution in [1.82, 2.24) is 15.0 Å². The number of aryl methyl sites for hydroxylation is 1. The molecule has 138 valence electrons. The summed E-state index contributed by atoms with van der Waals surface area (Å²) in [5.74, 6) is 1.63. The van der Waals surface area contributed by atoms with Gasteiger partial charge in [0.05, 0.1) is 12.1 Å². The first kappa shape index (κ1) is 17.0. The average Bonchev–Trinajstić information content (AvgIpc) is 3.07. The van der Waals surface area contributed by atoms with Gasteiger partial charge in [-0.3, -0.25) is 4.98 Å². The monoisotopic (exact) mass is 354 g/mol. The average molecular weight is 354 g/mol. The number of aliphatic hydroxyl groups is 1. The van der Waals surface area contributed by atoms with Crippen molar-refractivity contribution < 1.29 is 5.11 Å². The summed E-state index contributed by atoms with van der Waals surface area (Å²) in [5.41, 5.74) is 3.79. The van der Waals surface area contributed by atoms with Gasteiger partial charge in [-0.2, -0.15) is 0 Å². The first-order chi connectivity index (χ1) is 12.7. The predicted octanol–water partition coefficient (Wildman–Crippen LogP) is 1.84. The third-order valence-corrected chi connectivity index (χ3v) is 5.36. The fourth-order valence-corrected chi connectivity index (χ4v) is 4.02. The molecule has 0 saturated carbocycles. The standard InChI is InChI=1S/C19H26N6O/c1-20-18-9-19(24-12-23-18)25-11-14(26)8-13(25)10-22-17-6-7-21-16-5-3-2-4-15(16)17/h6-7,9,12-14,26H,2-5,8,10-11H2,1H3,(H,21,22)(H,20,23,24)/t13-,14-/m1/s1. The second-order valence-corrected chi connectivity index (χ2v) is 7.08. The van der Waals surface area contributed by atoms with E-state index in [1.54, 1.807) is 6.33 Å². The van der Waals surface area contributed by atoms with Gasteiger partial charge >= 0.3 is 0 Å². The highest BCUT2D eigenvalue weighted by molar-refractivity contribution is 5.55. The molecule has 1 fully saturated rings. The molecule has 26 heavy (non-hydrogen) atoms. The van der Waals surface area contributed by atoms with Gasteiger partial charge < -0.3 is 20.6 Å². The number of β-amino-alcohol motifs (C(OH)–C–C–N with tert-alkyl or cyclic N) is 1. The largest absolute Gasteiger partial charge is 0.391 e. The number of fused-ring (bicyclic) bond motifs is 1. The van der Waals surface area contributed by atoms with Crippen LogP contribution in [0.2, 0.25) is 0 Å². The summed E-state index contributed by atoms with van der Waals surface area (Å²) < 4.78 is 0. The highest BCUT2D eigenvalue weighted by Gasteiger charge is 2.32. The predicted molar refractivity (Wildman–Crippen MR) is 103 cm³/mol. The molecule has 0 unspecified atom stereocenters. The van der Waals surface area contributed by atoms with Gasteiger partial charge in [0.1, 0.15) is 18.0 Å². The van der Waals surface area contributed by atoms with Crippen LogP contribution < -0.4 is 15.5 Å². The lowest BCUT2D eigenvalue weighted by Gasteiger charge is -2.27. The summed E-state index contributed by atoms with van der Waals surface area (Å²) in [6.45, 7) is 1.37. The Bertz CT molecular complexity index is 767. The Labute approximate surface area is 153 Å². The molecule has 3 N–H and O–H groups in total. The van der Waals surface area contributed by atoms with Crippen LogP contribution in [-0.2, 0) is 12.8 Å². The zero-order valence-electron chi connectivity index (χ0n) is 15.1. The molecule has 0 amide bonds. The van der Waals surface area contributed by atoms with Gasteiger partial charge in [0, 0.05) is 43.8 Å². The normalized spacial score (nSPS) is 22.2. The summed E-state index contributed by atoms with van der Waals surface area (Å²) in [6, 6.07) is 4.19. The maximum absolute atomic E-state index is 10.2. The van der Waals surface area contributed by atoms with E-state index in [2.05, 4.69) is 36.6 Å². The van der Waals surface area contributed by atoms with Crippen LogP contribution in [0.25, 0.3) is 0 Å². The Balaban J connectivity index is 1.50. The summed E-state index contributed by atoms with van der Waals surface area (Å²) in [6.07, 6.45) is 8.50. The van der Waals surface area contributed by atoms with E-state index >= 15 is 0 Å². The van der Waals surface area contributed by atoms with Crippen molar-refractivity contribution >= 4 is 17.3 Å². The van der Waals surface area contributed by atoms with Gasteiger partial charge in [0.15, 0.2) is 0 Å². The molecule has 7 nitrogen and oxygen atoms in total. The Morgan fingerprint density at radius 2 is 2.12 bits per heavy atom. The van der Waals surface area contributed by atoms with Crippen molar-refractivity contribution in [2.75, 3.05) is 35.7 Å². The molecule has 0 spiro atoms. The lowest BCUT2D eigenvalue weighted by atomic mass is 9.94. The molecule has 2 aromatic rings. The van der Waals surface area contributed by atoms with E-state index in [1.165, 1.54) is 29.8 Å². The van der Waals surface area contributed by atoms with Crippen LogP contribution in [0.15, 0.2) is 24.7 Å². The Morgan fingerprint density at radius 3 is 3.00 bits per heavy atom. The van der Waals surface area contributed by atoms with Crippen molar-refractivity contribution in [3.8, 4) is 0 Å². The second-order valence-electron chi connectivity index (χ2n) is 7.08. The zero-order chi connectivity index (χ0) is 17.9. The van der Waals surface area contributed by atoms with Crippen molar-refractivity contribution in [2.24, 2.45) is 0 Å². The lowest BCUT2D eigenvalue weighted by Crippen LogP contribution is -2.36. The van der Waals surface area contributed by atoms with Gasteiger partial charge in [-0.05, 0) is 43.7 Å². The van der Waals surface area contributed by atoms with E-state index in [9.17, 15) is 5.11 Å². The first-order valence-corrected chi connectivity index (χ1v) is 9.39. The molecular weight excluding hydrogens is 328 g/mol. The first-order valence-electron chi connectivity index (χ1n) is 9.39. The lowest BCUT2D eigenvalue weighted by molar-refractivity contribution is 0.194. The van der Waals surface area contributed by atoms with E-state index in [1.807, 2.05) is 19.3 Å². The van der Waals surface area contributed by atoms with Crippen LogP contribution in [0.4, 0.5) is 17.3 Å². The second kappa shape index (κ2) is 7.45. The minimum absolute atomic E-state index is 0.192. The van der Waals surface area contributed by atoms with E-state index in [0.717, 1.165) is 37.4 Å². The van der Waals surface area contributed by atoms with Crippen molar-refractivity contribution in [1.29, 1.82) is 0 Å². The quantitative estimate of drug-likeness (QED) is 0.755. The molecule has 0 aromatic carbocycles. The molecule has 3 heterocycles. The molecule has 2 atom stereocenters. The summed E-state index contributed by atoms with van der Waals surface area (Å²) in [5, 5.41) is 16.9. The van der Waals surface area contributed by atoms with Crippen LogP contribution in [0.3, 0.4) is 0 Å². The highest BCUT2D eigenvalue weighted by atomic mass is 16.3. The number of hydrogen-bond donors (Lipinski definition) is 3. The molecule has 0 radical (unpaired) electrons. The van der Waals surface area contributed by atoms with Gasteiger partial charge in [-0.1, -0.05) is 0 Å². The number of rotatable bonds is 5.